The first-order chi connectivity index (χ1) is 8.78. The number of ether oxygens (including phenoxy) is 2. The molecule has 1 heterocycles. The lowest BCUT2D eigenvalue weighted by atomic mass is 9.83. The van der Waals surface area contributed by atoms with Crippen molar-refractivity contribution >= 4 is 5.82 Å². The number of nitrogens with two attached hydrogens (primary N) is 1. The average molecular weight is 251 g/mol. The average Bonchev–Trinajstić information content (AvgIpc) is 2.29. The Morgan fingerprint density at radius 3 is 2.89 bits per heavy atom. The van der Waals surface area contributed by atoms with E-state index in [4.69, 9.17) is 15.2 Å². The second-order valence-corrected chi connectivity index (χ2v) is 4.62. The highest BCUT2D eigenvalue weighted by atomic mass is 16.5. The lowest BCUT2D eigenvalue weighted by Gasteiger charge is -2.24. The molecule has 18 heavy (non-hydrogen) atoms. The van der Waals surface area contributed by atoms with Crippen molar-refractivity contribution in [3.05, 3.63) is 11.9 Å². The molecule has 0 unspecified atom stereocenters. The van der Waals surface area contributed by atoms with Crippen molar-refractivity contribution in [1.82, 2.24) is 9.97 Å². The Morgan fingerprint density at radius 2 is 2.22 bits per heavy atom. The first-order valence-electron chi connectivity index (χ1n) is 6.62. The molecule has 1 saturated carbocycles. The van der Waals surface area contributed by atoms with Crippen LogP contribution in [-0.4, -0.2) is 23.2 Å². The van der Waals surface area contributed by atoms with Crippen molar-refractivity contribution in [2.24, 2.45) is 5.92 Å². The number of hydrogen-bond acceptors (Lipinski definition) is 5. The molecule has 100 valence electrons. The van der Waals surface area contributed by atoms with Crippen molar-refractivity contribution in [2.45, 2.75) is 39.2 Å². The Labute approximate surface area is 108 Å². The topological polar surface area (TPSA) is 70.3 Å². The predicted octanol–water partition coefficient (Wildman–Crippen LogP) is 2.16. The van der Waals surface area contributed by atoms with Gasteiger partial charge in [-0.05, 0) is 19.3 Å². The van der Waals surface area contributed by atoms with Crippen LogP contribution in [0, 0.1) is 5.92 Å². The Morgan fingerprint density at radius 1 is 1.39 bits per heavy atom. The standard InChI is InChI=1S/C13H21N3O2/c1-2-17-9-12-15-11(14)8-13(16-12)18-7-6-10-4-3-5-10/h8,10H,2-7,9H2,1H3,(H2,14,15,16). The molecule has 0 radical (unpaired) electrons. The molecule has 5 heteroatoms. The molecule has 5 nitrogen and oxygen atoms in total. The van der Waals surface area contributed by atoms with E-state index in [0.717, 1.165) is 12.3 Å². The largest absolute Gasteiger partial charge is 0.478 e. The van der Waals surface area contributed by atoms with Gasteiger partial charge in [0.25, 0.3) is 0 Å². The maximum absolute atomic E-state index is 5.71. The minimum atomic E-state index is 0.376. The van der Waals surface area contributed by atoms with Crippen LogP contribution in [0.4, 0.5) is 5.82 Å². The summed E-state index contributed by atoms with van der Waals surface area (Å²) in [5, 5.41) is 0. The molecule has 1 aliphatic rings. The second kappa shape index (κ2) is 6.54. The van der Waals surface area contributed by atoms with Crippen molar-refractivity contribution < 1.29 is 9.47 Å². The van der Waals surface area contributed by atoms with Crippen LogP contribution in [0.25, 0.3) is 0 Å². The van der Waals surface area contributed by atoms with Gasteiger partial charge in [0, 0.05) is 12.7 Å². The fourth-order valence-corrected chi connectivity index (χ4v) is 1.94. The molecule has 0 amide bonds. The summed E-state index contributed by atoms with van der Waals surface area (Å²) in [6.45, 7) is 3.65. The number of rotatable bonds is 7. The predicted molar refractivity (Wildman–Crippen MR) is 69.2 cm³/mol. The number of nitrogen functional groups attached to an aromatic ring is 1. The molecule has 0 spiro atoms. The Bertz CT molecular complexity index is 380. The minimum Gasteiger partial charge on any atom is -0.478 e. The lowest BCUT2D eigenvalue weighted by molar-refractivity contribution is 0.127. The maximum Gasteiger partial charge on any atom is 0.218 e. The monoisotopic (exact) mass is 251 g/mol. The Balaban J connectivity index is 1.83. The molecular formula is C13H21N3O2. The van der Waals surface area contributed by atoms with Crippen molar-refractivity contribution in [2.75, 3.05) is 18.9 Å². The molecule has 1 fully saturated rings. The molecule has 0 saturated heterocycles. The first-order valence-corrected chi connectivity index (χ1v) is 6.62. The van der Waals surface area contributed by atoms with E-state index in [1.54, 1.807) is 6.07 Å². The normalized spacial score (nSPS) is 15.4. The first kappa shape index (κ1) is 13.1. The minimum absolute atomic E-state index is 0.376. The third kappa shape index (κ3) is 3.84. The van der Waals surface area contributed by atoms with Gasteiger partial charge in [-0.1, -0.05) is 19.3 Å². The zero-order valence-electron chi connectivity index (χ0n) is 10.9. The molecule has 2 N–H and O–H groups in total. The van der Waals surface area contributed by atoms with E-state index in [-0.39, 0.29) is 0 Å². The quantitative estimate of drug-likeness (QED) is 0.804. The molecule has 0 aliphatic heterocycles. The number of anilines is 1. The highest BCUT2D eigenvalue weighted by Gasteiger charge is 2.17. The van der Waals surface area contributed by atoms with E-state index in [0.29, 0.717) is 37.3 Å². The molecule has 0 aromatic carbocycles. The summed E-state index contributed by atoms with van der Waals surface area (Å²) in [6, 6.07) is 1.66. The second-order valence-electron chi connectivity index (χ2n) is 4.62. The van der Waals surface area contributed by atoms with Gasteiger partial charge in [0.1, 0.15) is 12.4 Å². The summed E-state index contributed by atoms with van der Waals surface area (Å²) < 4.78 is 10.9. The van der Waals surface area contributed by atoms with E-state index in [1.165, 1.54) is 19.3 Å². The number of nitrogens with zero attached hydrogens (tertiary/aromatic N) is 2. The van der Waals surface area contributed by atoms with Gasteiger partial charge in [-0.3, -0.25) is 0 Å². The summed E-state index contributed by atoms with van der Waals surface area (Å²) in [4.78, 5) is 8.38. The van der Waals surface area contributed by atoms with E-state index in [9.17, 15) is 0 Å². The van der Waals surface area contributed by atoms with E-state index < -0.39 is 0 Å². The lowest BCUT2D eigenvalue weighted by Crippen LogP contribution is -2.15. The molecule has 1 aromatic heterocycles. The Hall–Kier alpha value is -1.36. The van der Waals surface area contributed by atoms with Crippen LogP contribution in [0.2, 0.25) is 0 Å². The maximum atomic E-state index is 5.71. The van der Waals surface area contributed by atoms with Crippen LogP contribution in [0.1, 0.15) is 38.4 Å². The number of aromatic nitrogens is 2. The van der Waals surface area contributed by atoms with Crippen LogP contribution in [0.15, 0.2) is 6.07 Å². The fourth-order valence-electron chi connectivity index (χ4n) is 1.94. The third-order valence-corrected chi connectivity index (χ3v) is 3.20. The number of hydrogen-bond donors (Lipinski definition) is 1. The highest BCUT2D eigenvalue weighted by Crippen LogP contribution is 2.29. The van der Waals surface area contributed by atoms with Crippen molar-refractivity contribution in [3.63, 3.8) is 0 Å². The van der Waals surface area contributed by atoms with Gasteiger partial charge in [-0.25, -0.2) is 4.98 Å². The van der Waals surface area contributed by atoms with Gasteiger partial charge >= 0.3 is 0 Å². The summed E-state index contributed by atoms with van der Waals surface area (Å²) in [5.41, 5.74) is 5.71. The smallest absolute Gasteiger partial charge is 0.218 e. The van der Waals surface area contributed by atoms with E-state index in [2.05, 4.69) is 9.97 Å². The van der Waals surface area contributed by atoms with Gasteiger partial charge in [0.15, 0.2) is 5.82 Å². The molecular weight excluding hydrogens is 230 g/mol. The molecule has 0 atom stereocenters. The summed E-state index contributed by atoms with van der Waals surface area (Å²) in [5.74, 6) is 2.40. The van der Waals surface area contributed by atoms with Gasteiger partial charge in [0.2, 0.25) is 5.88 Å². The zero-order chi connectivity index (χ0) is 12.8. The van der Waals surface area contributed by atoms with E-state index >= 15 is 0 Å². The summed E-state index contributed by atoms with van der Waals surface area (Å²) in [6.07, 6.45) is 5.14. The zero-order valence-corrected chi connectivity index (χ0v) is 10.9. The van der Waals surface area contributed by atoms with Gasteiger partial charge < -0.3 is 15.2 Å². The Kier molecular flexibility index (Phi) is 4.75. The van der Waals surface area contributed by atoms with Crippen LogP contribution in [0.5, 0.6) is 5.88 Å². The fraction of sp³-hybridized carbons (Fsp3) is 0.692. The van der Waals surface area contributed by atoms with Gasteiger partial charge in [-0.2, -0.15) is 4.98 Å². The van der Waals surface area contributed by atoms with Gasteiger partial charge in [0.05, 0.1) is 6.61 Å². The summed E-state index contributed by atoms with van der Waals surface area (Å²) in [7, 11) is 0. The van der Waals surface area contributed by atoms with Crippen LogP contribution < -0.4 is 10.5 Å². The SMILES string of the molecule is CCOCc1nc(N)cc(OCCC2CCC2)n1. The van der Waals surface area contributed by atoms with E-state index in [1.807, 2.05) is 6.92 Å². The van der Waals surface area contributed by atoms with Crippen LogP contribution >= 0.6 is 0 Å². The van der Waals surface area contributed by atoms with Crippen molar-refractivity contribution in [1.29, 1.82) is 0 Å². The molecule has 0 bridgehead atoms. The molecule has 2 rings (SSSR count). The van der Waals surface area contributed by atoms with Crippen LogP contribution in [0.3, 0.4) is 0 Å². The highest BCUT2D eigenvalue weighted by molar-refractivity contribution is 5.32. The van der Waals surface area contributed by atoms with Gasteiger partial charge in [-0.15, -0.1) is 0 Å². The molecule has 1 aromatic rings. The molecule has 1 aliphatic carbocycles. The third-order valence-electron chi connectivity index (χ3n) is 3.20. The van der Waals surface area contributed by atoms with Crippen LogP contribution in [-0.2, 0) is 11.3 Å². The summed E-state index contributed by atoms with van der Waals surface area (Å²) >= 11 is 0. The van der Waals surface area contributed by atoms with Crippen molar-refractivity contribution in [3.8, 4) is 5.88 Å².